The predicted molar refractivity (Wildman–Crippen MR) is 52.6 cm³/mol. The Morgan fingerprint density at radius 2 is 2.14 bits per heavy atom. The van der Waals surface area contributed by atoms with Gasteiger partial charge < -0.3 is 5.32 Å². The standard InChI is InChI=1S/C9H11N5/c1-14-7-9(12-13-14)6-11-8-2-4-10-5-3-8/h2-5,7H,6H2,1H3,(H,10,11). The fourth-order valence-electron chi connectivity index (χ4n) is 1.14. The van der Waals surface area contributed by atoms with E-state index < -0.39 is 0 Å². The summed E-state index contributed by atoms with van der Waals surface area (Å²) in [6.45, 7) is 0.678. The number of anilines is 1. The Balaban J connectivity index is 1.95. The van der Waals surface area contributed by atoms with Crippen LogP contribution in [0.15, 0.2) is 30.7 Å². The van der Waals surface area contributed by atoms with E-state index in [1.54, 1.807) is 17.1 Å². The maximum Gasteiger partial charge on any atom is 0.102 e. The predicted octanol–water partition coefficient (Wildman–Crippen LogP) is 0.822. The molecule has 1 N–H and O–H groups in total. The largest absolute Gasteiger partial charge is 0.379 e. The third kappa shape index (κ3) is 2.07. The topological polar surface area (TPSA) is 55.6 Å². The summed E-state index contributed by atoms with van der Waals surface area (Å²) < 4.78 is 1.68. The van der Waals surface area contributed by atoms with Crippen LogP contribution < -0.4 is 5.32 Å². The molecular formula is C9H11N5. The Morgan fingerprint density at radius 3 is 2.79 bits per heavy atom. The van der Waals surface area contributed by atoms with Crippen LogP contribution >= 0.6 is 0 Å². The maximum atomic E-state index is 3.97. The van der Waals surface area contributed by atoms with Gasteiger partial charge in [0.2, 0.25) is 0 Å². The Labute approximate surface area is 81.8 Å². The van der Waals surface area contributed by atoms with Gasteiger partial charge in [0.15, 0.2) is 0 Å². The molecule has 2 aromatic heterocycles. The number of aryl methyl sites for hydroxylation is 1. The first-order valence-electron chi connectivity index (χ1n) is 4.34. The van der Waals surface area contributed by atoms with Crippen LogP contribution in [-0.2, 0) is 13.6 Å². The number of rotatable bonds is 3. The third-order valence-electron chi connectivity index (χ3n) is 1.80. The first-order chi connectivity index (χ1) is 6.84. The first-order valence-corrected chi connectivity index (χ1v) is 4.34. The molecule has 0 saturated carbocycles. The summed E-state index contributed by atoms with van der Waals surface area (Å²) in [6, 6.07) is 3.83. The minimum Gasteiger partial charge on any atom is -0.379 e. The van der Waals surface area contributed by atoms with E-state index in [1.165, 1.54) is 0 Å². The van der Waals surface area contributed by atoms with Gasteiger partial charge in [0.25, 0.3) is 0 Å². The maximum absolute atomic E-state index is 3.97. The lowest BCUT2D eigenvalue weighted by Crippen LogP contribution is -1.99. The van der Waals surface area contributed by atoms with Crippen LogP contribution in [0.2, 0.25) is 0 Å². The molecule has 0 aromatic carbocycles. The second kappa shape index (κ2) is 3.87. The van der Waals surface area contributed by atoms with E-state index in [0.29, 0.717) is 6.54 Å². The average Bonchev–Trinajstić information content (AvgIpc) is 2.63. The molecule has 14 heavy (non-hydrogen) atoms. The van der Waals surface area contributed by atoms with E-state index in [2.05, 4.69) is 20.6 Å². The van der Waals surface area contributed by atoms with Crippen molar-refractivity contribution in [3.8, 4) is 0 Å². The zero-order chi connectivity index (χ0) is 9.80. The molecule has 0 amide bonds. The first kappa shape index (κ1) is 8.68. The summed E-state index contributed by atoms with van der Waals surface area (Å²) >= 11 is 0. The van der Waals surface area contributed by atoms with Crippen molar-refractivity contribution < 1.29 is 0 Å². The molecule has 0 spiro atoms. The highest BCUT2D eigenvalue weighted by Gasteiger charge is 1.97. The molecular weight excluding hydrogens is 178 g/mol. The minimum atomic E-state index is 0.678. The number of hydrogen-bond donors (Lipinski definition) is 1. The Hall–Kier alpha value is -1.91. The molecule has 0 bridgehead atoms. The van der Waals surface area contributed by atoms with Gasteiger partial charge in [-0.3, -0.25) is 9.67 Å². The molecule has 0 aliphatic heterocycles. The van der Waals surface area contributed by atoms with E-state index in [4.69, 9.17) is 0 Å². The van der Waals surface area contributed by atoms with E-state index in [9.17, 15) is 0 Å². The van der Waals surface area contributed by atoms with Crippen molar-refractivity contribution in [2.24, 2.45) is 7.05 Å². The van der Waals surface area contributed by atoms with Crippen LogP contribution in [0.3, 0.4) is 0 Å². The number of pyridine rings is 1. The van der Waals surface area contributed by atoms with E-state index in [0.717, 1.165) is 11.4 Å². The van der Waals surface area contributed by atoms with E-state index in [1.807, 2.05) is 25.4 Å². The molecule has 2 heterocycles. The van der Waals surface area contributed by atoms with Crippen LogP contribution in [0.1, 0.15) is 5.69 Å². The Kier molecular flexibility index (Phi) is 2.40. The Bertz CT molecular complexity index is 395. The molecule has 0 fully saturated rings. The molecule has 0 unspecified atom stereocenters. The fraction of sp³-hybridized carbons (Fsp3) is 0.222. The van der Waals surface area contributed by atoms with Gasteiger partial charge >= 0.3 is 0 Å². The third-order valence-corrected chi connectivity index (χ3v) is 1.80. The molecule has 72 valence electrons. The second-order valence-corrected chi connectivity index (χ2v) is 2.97. The smallest absolute Gasteiger partial charge is 0.102 e. The van der Waals surface area contributed by atoms with Crippen molar-refractivity contribution >= 4 is 5.69 Å². The summed E-state index contributed by atoms with van der Waals surface area (Å²) in [6.07, 6.45) is 5.38. The molecule has 5 heteroatoms. The van der Waals surface area contributed by atoms with Crippen molar-refractivity contribution in [2.45, 2.75) is 6.54 Å². The number of nitrogens with one attached hydrogen (secondary N) is 1. The minimum absolute atomic E-state index is 0.678. The molecule has 0 aliphatic rings. The van der Waals surface area contributed by atoms with Crippen LogP contribution in [0.25, 0.3) is 0 Å². The number of hydrogen-bond acceptors (Lipinski definition) is 4. The molecule has 0 aliphatic carbocycles. The molecule has 0 saturated heterocycles. The highest BCUT2D eigenvalue weighted by atomic mass is 15.4. The van der Waals surface area contributed by atoms with Crippen molar-refractivity contribution in [3.05, 3.63) is 36.4 Å². The number of nitrogens with zero attached hydrogens (tertiary/aromatic N) is 4. The van der Waals surface area contributed by atoms with Crippen molar-refractivity contribution in [1.29, 1.82) is 0 Å². The van der Waals surface area contributed by atoms with Gasteiger partial charge in [-0.1, -0.05) is 5.21 Å². The summed E-state index contributed by atoms with van der Waals surface area (Å²) in [4.78, 5) is 3.93. The van der Waals surface area contributed by atoms with E-state index >= 15 is 0 Å². The van der Waals surface area contributed by atoms with Gasteiger partial charge in [0, 0.05) is 31.3 Å². The van der Waals surface area contributed by atoms with Gasteiger partial charge in [-0.25, -0.2) is 0 Å². The second-order valence-electron chi connectivity index (χ2n) is 2.97. The zero-order valence-electron chi connectivity index (χ0n) is 7.88. The summed E-state index contributed by atoms with van der Waals surface area (Å²) in [7, 11) is 1.85. The van der Waals surface area contributed by atoms with Crippen molar-refractivity contribution in [2.75, 3.05) is 5.32 Å². The van der Waals surface area contributed by atoms with Gasteiger partial charge in [0.05, 0.1) is 6.54 Å². The van der Waals surface area contributed by atoms with Crippen LogP contribution in [0.5, 0.6) is 0 Å². The van der Waals surface area contributed by atoms with Gasteiger partial charge in [-0.05, 0) is 12.1 Å². The van der Waals surface area contributed by atoms with E-state index in [-0.39, 0.29) is 0 Å². The Morgan fingerprint density at radius 1 is 1.36 bits per heavy atom. The summed E-state index contributed by atoms with van der Waals surface area (Å²) in [5.41, 5.74) is 1.95. The highest BCUT2D eigenvalue weighted by Crippen LogP contribution is 2.04. The lowest BCUT2D eigenvalue weighted by Gasteiger charge is -2.01. The molecule has 2 rings (SSSR count). The molecule has 0 atom stereocenters. The van der Waals surface area contributed by atoms with Gasteiger partial charge in [-0.15, -0.1) is 5.10 Å². The average molecular weight is 189 g/mol. The lowest BCUT2D eigenvalue weighted by molar-refractivity contribution is 0.713. The van der Waals surface area contributed by atoms with Crippen LogP contribution in [0, 0.1) is 0 Å². The van der Waals surface area contributed by atoms with Crippen molar-refractivity contribution in [3.63, 3.8) is 0 Å². The number of aromatic nitrogens is 4. The van der Waals surface area contributed by atoms with Gasteiger partial charge in [0.1, 0.15) is 5.69 Å². The fourth-order valence-corrected chi connectivity index (χ4v) is 1.14. The monoisotopic (exact) mass is 189 g/mol. The highest BCUT2D eigenvalue weighted by molar-refractivity contribution is 5.40. The lowest BCUT2D eigenvalue weighted by atomic mass is 10.4. The summed E-state index contributed by atoms with van der Waals surface area (Å²) in [5.74, 6) is 0. The normalized spacial score (nSPS) is 10.1. The zero-order valence-corrected chi connectivity index (χ0v) is 7.88. The SMILES string of the molecule is Cn1cc(CNc2ccncc2)nn1. The quantitative estimate of drug-likeness (QED) is 0.776. The molecule has 0 radical (unpaired) electrons. The van der Waals surface area contributed by atoms with Gasteiger partial charge in [-0.2, -0.15) is 0 Å². The molecule has 2 aromatic rings. The van der Waals surface area contributed by atoms with Crippen LogP contribution in [0.4, 0.5) is 5.69 Å². The summed E-state index contributed by atoms with van der Waals surface area (Å²) in [5, 5.41) is 11.0. The molecule has 5 nitrogen and oxygen atoms in total. The van der Waals surface area contributed by atoms with Crippen molar-refractivity contribution in [1.82, 2.24) is 20.0 Å². The van der Waals surface area contributed by atoms with Crippen LogP contribution in [-0.4, -0.2) is 20.0 Å².